The van der Waals surface area contributed by atoms with Gasteiger partial charge in [-0.3, -0.25) is 9.97 Å². The van der Waals surface area contributed by atoms with Gasteiger partial charge in [-0.15, -0.1) is 0 Å². The number of hydrogen-bond donors (Lipinski definition) is 1. The Balaban J connectivity index is 1.85. The molecule has 0 aromatic carbocycles. The Bertz CT molecular complexity index is 898. The van der Waals surface area contributed by atoms with Crippen LogP contribution in [0.15, 0.2) is 36.8 Å². The summed E-state index contributed by atoms with van der Waals surface area (Å²) in [6, 6.07) is 5.33. The predicted molar refractivity (Wildman–Crippen MR) is 92.7 cm³/mol. The van der Waals surface area contributed by atoms with E-state index in [1.54, 1.807) is 18.5 Å². The Labute approximate surface area is 146 Å². The van der Waals surface area contributed by atoms with E-state index in [0.29, 0.717) is 30.8 Å². The molecule has 0 radical (unpaired) electrons. The molecule has 0 saturated carbocycles. The highest BCUT2D eigenvalue weighted by Gasteiger charge is 2.29. The van der Waals surface area contributed by atoms with Gasteiger partial charge in [-0.05, 0) is 36.5 Å². The lowest BCUT2D eigenvalue weighted by atomic mass is 9.95. The number of pyridine rings is 2. The molecular weight excluding hydrogens is 342 g/mol. The molecule has 1 unspecified atom stereocenters. The van der Waals surface area contributed by atoms with E-state index in [-0.39, 0.29) is 11.5 Å². The smallest absolute Gasteiger partial charge is 0.337 e. The maximum atomic E-state index is 11.7. The van der Waals surface area contributed by atoms with Crippen molar-refractivity contribution in [2.75, 3.05) is 19.3 Å². The standard InChI is InChI=1S/C17H19N3O4S/c1-25(23,24)20-6-4-12(11-20)7-13-3-2-5-19-16(13)14-8-15(17(21)22)10-18-9-14/h2-3,5,8-10,12H,4,6-7,11H2,1H3,(H,21,22). The van der Waals surface area contributed by atoms with E-state index in [2.05, 4.69) is 9.97 Å². The molecule has 0 spiro atoms. The number of carboxylic acids is 1. The molecular formula is C17H19N3O4S. The minimum absolute atomic E-state index is 0.109. The molecule has 2 aromatic rings. The summed E-state index contributed by atoms with van der Waals surface area (Å²) in [5.74, 6) is -0.820. The molecule has 7 nitrogen and oxygen atoms in total. The van der Waals surface area contributed by atoms with Crippen LogP contribution in [0.2, 0.25) is 0 Å². The number of carbonyl (C=O) groups is 1. The molecule has 1 saturated heterocycles. The van der Waals surface area contributed by atoms with Crippen LogP contribution in [0.1, 0.15) is 22.3 Å². The lowest BCUT2D eigenvalue weighted by molar-refractivity contribution is 0.0696. The van der Waals surface area contributed by atoms with E-state index in [4.69, 9.17) is 5.11 Å². The maximum absolute atomic E-state index is 11.7. The third-order valence-electron chi connectivity index (χ3n) is 4.38. The van der Waals surface area contributed by atoms with E-state index in [1.807, 2.05) is 12.1 Å². The van der Waals surface area contributed by atoms with Gasteiger partial charge in [-0.25, -0.2) is 17.5 Å². The van der Waals surface area contributed by atoms with Crippen molar-refractivity contribution in [2.24, 2.45) is 5.92 Å². The molecule has 3 rings (SSSR count). The number of aromatic carboxylic acids is 1. The first kappa shape index (κ1) is 17.5. The lowest BCUT2D eigenvalue weighted by Crippen LogP contribution is -2.27. The van der Waals surface area contributed by atoms with Crippen molar-refractivity contribution in [1.82, 2.24) is 14.3 Å². The summed E-state index contributed by atoms with van der Waals surface area (Å²) in [4.78, 5) is 19.5. The van der Waals surface area contributed by atoms with Crippen LogP contribution in [0, 0.1) is 5.92 Å². The van der Waals surface area contributed by atoms with E-state index in [1.165, 1.54) is 16.8 Å². The quantitative estimate of drug-likeness (QED) is 0.869. The molecule has 3 heterocycles. The zero-order valence-corrected chi connectivity index (χ0v) is 14.6. The van der Waals surface area contributed by atoms with Crippen LogP contribution in [0.4, 0.5) is 0 Å². The van der Waals surface area contributed by atoms with Crippen molar-refractivity contribution in [3.63, 3.8) is 0 Å². The SMILES string of the molecule is CS(=O)(=O)N1CCC(Cc2cccnc2-c2cncc(C(=O)O)c2)C1. The lowest BCUT2D eigenvalue weighted by Gasteiger charge is -2.15. The Morgan fingerprint density at radius 3 is 2.88 bits per heavy atom. The fourth-order valence-corrected chi connectivity index (χ4v) is 4.04. The Hall–Kier alpha value is -2.32. The molecule has 25 heavy (non-hydrogen) atoms. The summed E-state index contributed by atoms with van der Waals surface area (Å²) in [7, 11) is -3.16. The normalized spacial score (nSPS) is 18.4. The summed E-state index contributed by atoms with van der Waals surface area (Å²) < 4.78 is 24.8. The van der Waals surface area contributed by atoms with Gasteiger partial charge >= 0.3 is 5.97 Å². The molecule has 1 atom stereocenters. The largest absolute Gasteiger partial charge is 0.478 e. The fraction of sp³-hybridized carbons (Fsp3) is 0.353. The number of sulfonamides is 1. The zero-order valence-electron chi connectivity index (χ0n) is 13.8. The van der Waals surface area contributed by atoms with Crippen LogP contribution in [0.3, 0.4) is 0 Å². The number of hydrogen-bond acceptors (Lipinski definition) is 5. The van der Waals surface area contributed by atoms with E-state index < -0.39 is 16.0 Å². The predicted octanol–water partition coefficient (Wildman–Crippen LogP) is 1.67. The van der Waals surface area contributed by atoms with Gasteiger partial charge in [0.05, 0.1) is 17.5 Å². The molecule has 0 aliphatic carbocycles. The van der Waals surface area contributed by atoms with Gasteiger partial charge in [0, 0.05) is 37.2 Å². The highest BCUT2D eigenvalue weighted by Crippen LogP contribution is 2.28. The molecule has 0 amide bonds. The van der Waals surface area contributed by atoms with Crippen molar-refractivity contribution in [2.45, 2.75) is 12.8 Å². The molecule has 1 aliphatic rings. The van der Waals surface area contributed by atoms with Crippen molar-refractivity contribution >= 4 is 16.0 Å². The second kappa shape index (κ2) is 6.89. The second-order valence-electron chi connectivity index (χ2n) is 6.26. The van der Waals surface area contributed by atoms with E-state index in [0.717, 1.165) is 12.0 Å². The van der Waals surface area contributed by atoms with Gasteiger partial charge in [0.25, 0.3) is 0 Å². The first-order valence-electron chi connectivity index (χ1n) is 7.92. The first-order valence-corrected chi connectivity index (χ1v) is 9.77. The van der Waals surface area contributed by atoms with E-state index >= 15 is 0 Å². The van der Waals surface area contributed by atoms with Crippen LogP contribution in [-0.2, 0) is 16.4 Å². The highest BCUT2D eigenvalue weighted by molar-refractivity contribution is 7.88. The third kappa shape index (κ3) is 4.02. The first-order chi connectivity index (χ1) is 11.8. The third-order valence-corrected chi connectivity index (χ3v) is 5.65. The van der Waals surface area contributed by atoms with Gasteiger partial charge in [0.2, 0.25) is 10.0 Å². The van der Waals surface area contributed by atoms with Crippen LogP contribution < -0.4 is 0 Å². The van der Waals surface area contributed by atoms with Crippen molar-refractivity contribution in [3.8, 4) is 11.3 Å². The zero-order chi connectivity index (χ0) is 18.0. The van der Waals surface area contributed by atoms with Crippen molar-refractivity contribution < 1.29 is 18.3 Å². The Morgan fingerprint density at radius 1 is 1.40 bits per heavy atom. The molecule has 2 aromatic heterocycles. The molecule has 8 heteroatoms. The summed E-state index contributed by atoms with van der Waals surface area (Å²) in [5.41, 5.74) is 2.41. The van der Waals surface area contributed by atoms with Crippen LogP contribution in [0.25, 0.3) is 11.3 Å². The summed E-state index contributed by atoms with van der Waals surface area (Å²) in [5, 5.41) is 9.14. The summed E-state index contributed by atoms with van der Waals surface area (Å²) in [6.07, 6.45) is 7.27. The average Bonchev–Trinajstić information content (AvgIpc) is 3.04. The van der Waals surface area contributed by atoms with Gasteiger partial charge in [0.15, 0.2) is 0 Å². The topological polar surface area (TPSA) is 100 Å². The number of nitrogens with zero attached hydrogens (tertiary/aromatic N) is 3. The van der Waals surface area contributed by atoms with Crippen LogP contribution in [-0.4, -0.2) is 53.1 Å². The summed E-state index contributed by atoms with van der Waals surface area (Å²) >= 11 is 0. The number of aromatic nitrogens is 2. The van der Waals surface area contributed by atoms with Crippen LogP contribution in [0.5, 0.6) is 0 Å². The molecule has 1 aliphatic heterocycles. The number of rotatable bonds is 5. The fourth-order valence-electron chi connectivity index (χ4n) is 3.13. The Kier molecular flexibility index (Phi) is 4.82. The van der Waals surface area contributed by atoms with Crippen molar-refractivity contribution in [1.29, 1.82) is 0 Å². The molecule has 1 fully saturated rings. The maximum Gasteiger partial charge on any atom is 0.337 e. The summed E-state index contributed by atoms with van der Waals surface area (Å²) in [6.45, 7) is 1.04. The van der Waals surface area contributed by atoms with Gasteiger partial charge in [-0.2, -0.15) is 0 Å². The average molecular weight is 361 g/mol. The Morgan fingerprint density at radius 2 is 2.20 bits per heavy atom. The second-order valence-corrected chi connectivity index (χ2v) is 8.24. The van der Waals surface area contributed by atoms with Crippen LogP contribution >= 0.6 is 0 Å². The molecule has 1 N–H and O–H groups in total. The van der Waals surface area contributed by atoms with Gasteiger partial charge in [0.1, 0.15) is 0 Å². The van der Waals surface area contributed by atoms with E-state index in [9.17, 15) is 13.2 Å². The van der Waals surface area contributed by atoms with Gasteiger partial charge < -0.3 is 5.11 Å². The highest BCUT2D eigenvalue weighted by atomic mass is 32.2. The molecule has 0 bridgehead atoms. The van der Waals surface area contributed by atoms with Crippen molar-refractivity contribution in [3.05, 3.63) is 47.9 Å². The van der Waals surface area contributed by atoms with Gasteiger partial charge in [-0.1, -0.05) is 6.07 Å². The minimum Gasteiger partial charge on any atom is -0.478 e. The monoisotopic (exact) mass is 361 g/mol. The number of carboxylic acid groups (broad SMARTS) is 1. The minimum atomic E-state index is -3.16. The molecule has 132 valence electrons.